The molecule has 2 aromatic carbocycles. The summed E-state index contributed by atoms with van der Waals surface area (Å²) in [5.41, 5.74) is 4.99. The van der Waals surface area contributed by atoms with E-state index in [0.29, 0.717) is 0 Å². The molecule has 0 fully saturated rings. The summed E-state index contributed by atoms with van der Waals surface area (Å²) in [7, 11) is 0. The number of benzene rings is 2. The van der Waals surface area contributed by atoms with E-state index in [4.69, 9.17) is 16.6 Å². The van der Waals surface area contributed by atoms with Crippen LogP contribution in [0.1, 0.15) is 44.2 Å². The first-order valence-electron chi connectivity index (χ1n) is 9.78. The first kappa shape index (κ1) is 16.9. The minimum atomic E-state index is -0.0950. The maximum absolute atomic E-state index is 6.41. The summed E-state index contributed by atoms with van der Waals surface area (Å²) in [6.45, 7) is 6.55. The third kappa shape index (κ3) is 2.52. The summed E-state index contributed by atoms with van der Waals surface area (Å²) in [6.07, 6.45) is 5.65. The van der Waals surface area contributed by atoms with E-state index in [1.807, 2.05) is 6.07 Å². The van der Waals surface area contributed by atoms with Crippen LogP contribution in [0.3, 0.4) is 0 Å². The first-order valence-corrected chi connectivity index (χ1v) is 10.2. The fourth-order valence-corrected chi connectivity index (χ4v) is 4.86. The van der Waals surface area contributed by atoms with Gasteiger partial charge in [-0.15, -0.1) is 0 Å². The standard InChI is InChI=1S/C23H24ClN3/c1-23(2)17-7-3-4-8-19(17)27(20-12-11-16(24)15-18(20)23)22-10-6-14-26(22)21-9-5-13-25-21/h3-4,7-8,10-12,15H,5-6,9,13-14H2,1-2H3. The molecule has 4 heteroatoms. The molecule has 27 heavy (non-hydrogen) atoms. The van der Waals surface area contributed by atoms with Gasteiger partial charge in [0.25, 0.3) is 0 Å². The number of para-hydroxylation sites is 1. The Morgan fingerprint density at radius 2 is 1.85 bits per heavy atom. The van der Waals surface area contributed by atoms with Crippen molar-refractivity contribution in [3.8, 4) is 0 Å². The van der Waals surface area contributed by atoms with Gasteiger partial charge in [-0.1, -0.05) is 43.6 Å². The Hall–Kier alpha value is -2.26. The predicted molar refractivity (Wildman–Crippen MR) is 113 cm³/mol. The van der Waals surface area contributed by atoms with E-state index >= 15 is 0 Å². The van der Waals surface area contributed by atoms with Crippen LogP contribution in [0.25, 0.3) is 0 Å². The normalized spacial score (nSPS) is 20.3. The molecule has 3 heterocycles. The van der Waals surface area contributed by atoms with Crippen molar-refractivity contribution in [2.45, 2.75) is 38.5 Å². The highest BCUT2D eigenvalue weighted by Crippen LogP contribution is 2.51. The molecule has 3 nitrogen and oxygen atoms in total. The minimum absolute atomic E-state index is 0.0950. The highest BCUT2D eigenvalue weighted by Gasteiger charge is 2.39. The van der Waals surface area contributed by atoms with Crippen molar-refractivity contribution < 1.29 is 0 Å². The summed E-state index contributed by atoms with van der Waals surface area (Å²) < 4.78 is 0. The monoisotopic (exact) mass is 377 g/mol. The van der Waals surface area contributed by atoms with Gasteiger partial charge in [-0.25, -0.2) is 0 Å². The van der Waals surface area contributed by atoms with Gasteiger partial charge >= 0.3 is 0 Å². The van der Waals surface area contributed by atoms with Crippen LogP contribution in [-0.4, -0.2) is 23.8 Å². The molecule has 0 aliphatic carbocycles. The highest BCUT2D eigenvalue weighted by molar-refractivity contribution is 6.30. The first-order chi connectivity index (χ1) is 13.1. The van der Waals surface area contributed by atoms with Crippen LogP contribution in [0.15, 0.2) is 59.4 Å². The fraction of sp³-hybridized carbons (Fsp3) is 0.348. The molecule has 138 valence electrons. The maximum atomic E-state index is 6.41. The smallest absolute Gasteiger partial charge is 0.114 e. The number of anilines is 2. The lowest BCUT2D eigenvalue weighted by molar-refractivity contribution is 0.535. The molecule has 0 amide bonds. The van der Waals surface area contributed by atoms with Gasteiger partial charge < -0.3 is 4.90 Å². The van der Waals surface area contributed by atoms with Crippen LogP contribution >= 0.6 is 11.6 Å². The lowest BCUT2D eigenvalue weighted by Gasteiger charge is -2.44. The van der Waals surface area contributed by atoms with E-state index in [-0.39, 0.29) is 5.41 Å². The van der Waals surface area contributed by atoms with Crippen molar-refractivity contribution in [2.75, 3.05) is 18.0 Å². The van der Waals surface area contributed by atoms with Crippen molar-refractivity contribution in [3.05, 3.63) is 70.5 Å². The Balaban J connectivity index is 1.71. The van der Waals surface area contributed by atoms with Crippen LogP contribution in [0.2, 0.25) is 5.02 Å². The zero-order valence-electron chi connectivity index (χ0n) is 15.9. The number of hydrogen-bond acceptors (Lipinski definition) is 3. The van der Waals surface area contributed by atoms with Crippen LogP contribution in [-0.2, 0) is 5.41 Å². The molecule has 3 aliphatic rings. The average molecular weight is 378 g/mol. The van der Waals surface area contributed by atoms with Gasteiger partial charge in [-0.2, -0.15) is 0 Å². The summed E-state index contributed by atoms with van der Waals surface area (Å²) in [6, 6.07) is 15.1. The SMILES string of the molecule is CC1(C)c2ccccc2N(C2=CCCN2C2=NCCC2)c2ccc(Cl)cc21. The predicted octanol–water partition coefficient (Wildman–Crippen LogP) is 5.86. The number of nitrogens with zero attached hydrogens (tertiary/aromatic N) is 3. The Kier molecular flexibility index (Phi) is 3.83. The van der Waals surface area contributed by atoms with Crippen LogP contribution < -0.4 is 4.90 Å². The molecule has 0 radical (unpaired) electrons. The molecule has 3 aliphatic heterocycles. The van der Waals surface area contributed by atoms with E-state index in [2.05, 4.69) is 66.1 Å². The van der Waals surface area contributed by atoms with Crippen LogP contribution in [0.4, 0.5) is 11.4 Å². The zero-order chi connectivity index (χ0) is 18.6. The number of halogens is 1. The second-order valence-corrected chi connectivity index (χ2v) is 8.48. The van der Waals surface area contributed by atoms with Crippen LogP contribution in [0, 0.1) is 0 Å². The summed E-state index contributed by atoms with van der Waals surface area (Å²) in [4.78, 5) is 9.61. The Morgan fingerprint density at radius 1 is 1.04 bits per heavy atom. The molecule has 0 aromatic heterocycles. The van der Waals surface area contributed by atoms with Crippen molar-refractivity contribution in [1.82, 2.24) is 4.90 Å². The lowest BCUT2D eigenvalue weighted by Crippen LogP contribution is -2.39. The average Bonchev–Trinajstić information content (AvgIpc) is 3.34. The second-order valence-electron chi connectivity index (χ2n) is 8.04. The maximum Gasteiger partial charge on any atom is 0.114 e. The number of aliphatic imine (C=N–C) groups is 1. The summed E-state index contributed by atoms with van der Waals surface area (Å²) in [5, 5.41) is 0.790. The van der Waals surface area contributed by atoms with Crippen molar-refractivity contribution >= 4 is 28.8 Å². The Bertz CT molecular complexity index is 973. The van der Waals surface area contributed by atoms with Gasteiger partial charge in [-0.3, -0.25) is 9.89 Å². The van der Waals surface area contributed by atoms with Gasteiger partial charge in [0.15, 0.2) is 0 Å². The van der Waals surface area contributed by atoms with Gasteiger partial charge in [0.2, 0.25) is 0 Å². The molecular formula is C23H24ClN3. The third-order valence-electron chi connectivity index (χ3n) is 6.04. The summed E-state index contributed by atoms with van der Waals surface area (Å²) in [5.74, 6) is 2.47. The zero-order valence-corrected chi connectivity index (χ0v) is 16.6. The number of amidine groups is 1. The molecule has 0 N–H and O–H groups in total. The van der Waals surface area contributed by atoms with Gasteiger partial charge in [0.1, 0.15) is 11.7 Å². The number of rotatable bonds is 1. The topological polar surface area (TPSA) is 18.8 Å². The van der Waals surface area contributed by atoms with Crippen molar-refractivity contribution in [1.29, 1.82) is 0 Å². The minimum Gasteiger partial charge on any atom is -0.316 e. The molecule has 0 saturated carbocycles. The van der Waals surface area contributed by atoms with E-state index in [1.54, 1.807) is 0 Å². The number of fused-ring (bicyclic) bond motifs is 2. The largest absolute Gasteiger partial charge is 0.316 e. The molecule has 0 atom stereocenters. The van der Waals surface area contributed by atoms with Crippen molar-refractivity contribution in [2.24, 2.45) is 4.99 Å². The van der Waals surface area contributed by atoms with E-state index in [9.17, 15) is 0 Å². The van der Waals surface area contributed by atoms with E-state index in [0.717, 1.165) is 37.4 Å². The third-order valence-corrected chi connectivity index (χ3v) is 6.28. The molecular weight excluding hydrogens is 354 g/mol. The Labute approximate surface area is 166 Å². The van der Waals surface area contributed by atoms with Gasteiger partial charge in [-0.05, 0) is 54.3 Å². The molecule has 0 bridgehead atoms. The van der Waals surface area contributed by atoms with E-state index < -0.39 is 0 Å². The number of hydrogen-bond donors (Lipinski definition) is 0. The van der Waals surface area contributed by atoms with E-state index in [1.165, 1.54) is 34.2 Å². The Morgan fingerprint density at radius 3 is 2.67 bits per heavy atom. The summed E-state index contributed by atoms with van der Waals surface area (Å²) >= 11 is 6.41. The molecule has 0 saturated heterocycles. The van der Waals surface area contributed by atoms with Gasteiger partial charge in [0.05, 0.1) is 11.4 Å². The fourth-order valence-electron chi connectivity index (χ4n) is 4.69. The highest BCUT2D eigenvalue weighted by atomic mass is 35.5. The lowest BCUT2D eigenvalue weighted by atomic mass is 9.73. The second kappa shape index (κ2) is 6.13. The van der Waals surface area contributed by atoms with Crippen LogP contribution in [0.5, 0.6) is 0 Å². The molecule has 0 unspecified atom stereocenters. The molecule has 2 aromatic rings. The molecule has 5 rings (SSSR count). The molecule has 0 spiro atoms. The van der Waals surface area contributed by atoms with Crippen molar-refractivity contribution in [3.63, 3.8) is 0 Å². The quantitative estimate of drug-likeness (QED) is 0.620. The van der Waals surface area contributed by atoms with Gasteiger partial charge in [0, 0.05) is 29.9 Å².